The Hall–Kier alpha value is -1.80. The third kappa shape index (κ3) is 4.18. The number of benzene rings is 1. The third-order valence-corrected chi connectivity index (χ3v) is 4.31. The average molecular weight is 405 g/mol. The van der Waals surface area contributed by atoms with Crippen molar-refractivity contribution < 1.29 is 4.79 Å². The van der Waals surface area contributed by atoms with E-state index in [4.69, 9.17) is 52.8 Å². The van der Waals surface area contributed by atoms with Gasteiger partial charge in [0.15, 0.2) is 16.0 Å². The third-order valence-electron chi connectivity index (χ3n) is 2.97. The number of pyridine rings is 1. The van der Waals surface area contributed by atoms with Crippen LogP contribution < -0.4 is 21.9 Å². The summed E-state index contributed by atoms with van der Waals surface area (Å²) in [7, 11) is 0. The Morgan fingerprint density at radius 3 is 2.50 bits per heavy atom. The van der Waals surface area contributed by atoms with Gasteiger partial charge in [0, 0.05) is 5.69 Å². The fourth-order valence-corrected chi connectivity index (χ4v) is 2.48. The quantitative estimate of drug-likeness (QED) is 0.347. The van der Waals surface area contributed by atoms with Crippen LogP contribution in [-0.4, -0.2) is 16.0 Å². The zero-order valence-corrected chi connectivity index (χ0v) is 15.4. The summed E-state index contributed by atoms with van der Waals surface area (Å²) >= 11 is 22.7. The van der Waals surface area contributed by atoms with Gasteiger partial charge in [-0.3, -0.25) is 15.6 Å². The number of nitrogens with zero attached hydrogens (tertiary/aromatic N) is 1. The number of carbonyl (C=O) groups excluding carboxylic acids is 1. The number of nitrogen functional groups attached to an aromatic ring is 1. The summed E-state index contributed by atoms with van der Waals surface area (Å²) in [4.78, 5) is 16.0. The molecular formula is C14H12Cl3N5OS. The zero-order chi connectivity index (χ0) is 17.9. The van der Waals surface area contributed by atoms with Crippen molar-refractivity contribution in [1.29, 1.82) is 0 Å². The molecule has 1 amide bonds. The van der Waals surface area contributed by atoms with Crippen LogP contribution in [0.3, 0.4) is 0 Å². The van der Waals surface area contributed by atoms with E-state index in [2.05, 4.69) is 21.2 Å². The number of thiocarbonyl (C=S) groups is 1. The van der Waals surface area contributed by atoms with Gasteiger partial charge in [-0.05, 0) is 30.8 Å². The van der Waals surface area contributed by atoms with Crippen molar-refractivity contribution in [1.82, 2.24) is 15.8 Å². The largest absolute Gasteiger partial charge is 0.396 e. The second-order valence-electron chi connectivity index (χ2n) is 4.64. The molecule has 0 aliphatic carbocycles. The molecule has 1 aromatic carbocycles. The van der Waals surface area contributed by atoms with Crippen LogP contribution in [0.25, 0.3) is 0 Å². The first-order valence-corrected chi connectivity index (χ1v) is 8.08. The number of para-hydroxylation sites is 1. The van der Waals surface area contributed by atoms with Crippen LogP contribution in [-0.2, 0) is 0 Å². The molecule has 0 fully saturated rings. The van der Waals surface area contributed by atoms with Crippen LogP contribution in [0.2, 0.25) is 15.2 Å². The fourth-order valence-electron chi connectivity index (χ4n) is 1.72. The standard InChI is InChI=1S/C14H12Cl3N5OS/c1-6-4-2-3-5-7(6)19-14(24)22-21-13(23)11-8(15)10(18)9(16)12(17)20-11/h2-5H,1H3,(H2,18,20)(H,21,23)(H2,19,22,24). The number of amides is 1. The van der Waals surface area contributed by atoms with Crippen LogP contribution in [0.1, 0.15) is 16.1 Å². The van der Waals surface area contributed by atoms with E-state index < -0.39 is 5.91 Å². The maximum atomic E-state index is 12.1. The summed E-state index contributed by atoms with van der Waals surface area (Å²) in [6, 6.07) is 7.54. The van der Waals surface area contributed by atoms with E-state index in [9.17, 15) is 4.79 Å². The van der Waals surface area contributed by atoms with Crippen LogP contribution in [0.15, 0.2) is 24.3 Å². The number of carbonyl (C=O) groups is 1. The monoisotopic (exact) mass is 403 g/mol. The molecule has 1 aromatic heterocycles. The van der Waals surface area contributed by atoms with E-state index in [1.54, 1.807) is 0 Å². The average Bonchev–Trinajstić information content (AvgIpc) is 2.56. The molecule has 2 rings (SSSR count). The van der Waals surface area contributed by atoms with Crippen LogP contribution in [0.4, 0.5) is 11.4 Å². The first-order chi connectivity index (χ1) is 11.3. The van der Waals surface area contributed by atoms with E-state index in [0.29, 0.717) is 0 Å². The van der Waals surface area contributed by atoms with E-state index in [0.717, 1.165) is 11.3 Å². The van der Waals surface area contributed by atoms with Gasteiger partial charge in [0.2, 0.25) is 0 Å². The predicted octanol–water partition coefficient (Wildman–Crippen LogP) is 3.56. The molecule has 6 nitrogen and oxygen atoms in total. The minimum Gasteiger partial charge on any atom is -0.396 e. The number of halogens is 3. The zero-order valence-electron chi connectivity index (χ0n) is 12.3. The van der Waals surface area contributed by atoms with Gasteiger partial charge < -0.3 is 11.1 Å². The smallest absolute Gasteiger partial charge is 0.289 e. The molecule has 0 bridgehead atoms. The minimum absolute atomic E-state index is 0.0112. The van der Waals surface area contributed by atoms with Gasteiger partial charge in [0.25, 0.3) is 5.91 Å². The van der Waals surface area contributed by atoms with Gasteiger partial charge in [-0.25, -0.2) is 4.98 Å². The van der Waals surface area contributed by atoms with Gasteiger partial charge in [-0.15, -0.1) is 0 Å². The van der Waals surface area contributed by atoms with Gasteiger partial charge >= 0.3 is 0 Å². The topological polar surface area (TPSA) is 92.1 Å². The van der Waals surface area contributed by atoms with Crippen molar-refractivity contribution in [3.05, 3.63) is 50.7 Å². The summed E-state index contributed by atoms with van der Waals surface area (Å²) in [5.41, 5.74) is 12.2. The lowest BCUT2D eigenvalue weighted by molar-refractivity contribution is 0.0939. The molecule has 0 saturated heterocycles. The molecule has 0 atom stereocenters. The lowest BCUT2D eigenvalue weighted by Crippen LogP contribution is -2.44. The van der Waals surface area contributed by atoms with Crippen LogP contribution in [0.5, 0.6) is 0 Å². The van der Waals surface area contributed by atoms with Crippen molar-refractivity contribution in [2.24, 2.45) is 0 Å². The summed E-state index contributed by atoms with van der Waals surface area (Å²) in [5.74, 6) is -0.667. The SMILES string of the molecule is Cc1ccccc1NC(=S)NNC(=O)c1nc(Cl)c(Cl)c(N)c1Cl. The molecule has 1 heterocycles. The van der Waals surface area contributed by atoms with E-state index in [1.807, 2.05) is 31.2 Å². The number of aryl methyl sites for hydroxylation is 1. The van der Waals surface area contributed by atoms with E-state index in [-0.39, 0.29) is 31.7 Å². The summed E-state index contributed by atoms with van der Waals surface area (Å²) < 4.78 is 0. The maximum absolute atomic E-state index is 12.1. The molecule has 5 N–H and O–H groups in total. The number of hydrogen-bond donors (Lipinski definition) is 4. The number of nitrogens with one attached hydrogen (secondary N) is 3. The van der Waals surface area contributed by atoms with Crippen molar-refractivity contribution in [2.75, 3.05) is 11.1 Å². The Morgan fingerprint density at radius 2 is 1.83 bits per heavy atom. The Labute approximate surface area is 158 Å². The highest BCUT2D eigenvalue weighted by Gasteiger charge is 2.19. The molecular weight excluding hydrogens is 393 g/mol. The minimum atomic E-state index is -0.667. The first-order valence-electron chi connectivity index (χ1n) is 6.54. The fraction of sp³-hybridized carbons (Fsp3) is 0.0714. The van der Waals surface area contributed by atoms with Crippen molar-refractivity contribution in [3.63, 3.8) is 0 Å². The number of aromatic nitrogens is 1. The van der Waals surface area contributed by atoms with Crippen molar-refractivity contribution in [2.45, 2.75) is 6.92 Å². The van der Waals surface area contributed by atoms with Gasteiger partial charge in [-0.2, -0.15) is 0 Å². The van der Waals surface area contributed by atoms with Crippen molar-refractivity contribution >= 4 is 69.4 Å². The molecule has 0 radical (unpaired) electrons. The maximum Gasteiger partial charge on any atom is 0.289 e. The highest BCUT2D eigenvalue weighted by atomic mass is 35.5. The summed E-state index contributed by atoms with van der Waals surface area (Å²) in [6.45, 7) is 1.92. The number of nitrogens with two attached hydrogens (primary N) is 1. The lowest BCUT2D eigenvalue weighted by Gasteiger charge is -2.14. The molecule has 10 heteroatoms. The molecule has 126 valence electrons. The molecule has 0 aliphatic rings. The molecule has 0 unspecified atom stereocenters. The molecule has 2 aromatic rings. The van der Waals surface area contributed by atoms with E-state index >= 15 is 0 Å². The number of hydrogen-bond acceptors (Lipinski definition) is 4. The Kier molecular flexibility index (Phi) is 6.06. The van der Waals surface area contributed by atoms with Crippen LogP contribution >= 0.6 is 47.0 Å². The number of hydrazine groups is 1. The molecule has 24 heavy (non-hydrogen) atoms. The lowest BCUT2D eigenvalue weighted by atomic mass is 10.2. The number of anilines is 2. The van der Waals surface area contributed by atoms with Gasteiger partial charge in [0.05, 0.1) is 10.7 Å². The second kappa shape index (κ2) is 7.85. The highest BCUT2D eigenvalue weighted by Crippen LogP contribution is 2.34. The van der Waals surface area contributed by atoms with Gasteiger partial charge in [0.1, 0.15) is 5.02 Å². The second-order valence-corrected chi connectivity index (χ2v) is 6.16. The highest BCUT2D eigenvalue weighted by molar-refractivity contribution is 7.80. The number of rotatable bonds is 2. The summed E-state index contributed by atoms with van der Waals surface area (Å²) in [6.07, 6.45) is 0. The van der Waals surface area contributed by atoms with E-state index in [1.165, 1.54) is 0 Å². The first kappa shape index (κ1) is 18.5. The molecule has 0 saturated carbocycles. The van der Waals surface area contributed by atoms with Gasteiger partial charge in [-0.1, -0.05) is 53.0 Å². The normalized spacial score (nSPS) is 10.2. The van der Waals surface area contributed by atoms with Crippen LogP contribution in [0, 0.1) is 6.92 Å². The predicted molar refractivity (Wildman–Crippen MR) is 102 cm³/mol. The Morgan fingerprint density at radius 1 is 1.17 bits per heavy atom. The summed E-state index contributed by atoms with van der Waals surface area (Å²) in [5, 5.41) is 2.90. The Bertz CT molecular complexity index is 815. The molecule has 0 spiro atoms. The molecule has 0 aliphatic heterocycles. The van der Waals surface area contributed by atoms with Crippen molar-refractivity contribution in [3.8, 4) is 0 Å². The Balaban J connectivity index is 2.04.